The van der Waals surface area contributed by atoms with E-state index >= 15 is 0 Å². The van der Waals surface area contributed by atoms with E-state index in [-0.39, 0.29) is 5.75 Å². The van der Waals surface area contributed by atoms with Crippen LogP contribution in [0.15, 0.2) is 30.3 Å². The molecule has 0 spiro atoms. The van der Waals surface area contributed by atoms with Crippen LogP contribution >= 0.6 is 0 Å². The van der Waals surface area contributed by atoms with Crippen LogP contribution in [0.2, 0.25) is 0 Å². The van der Waals surface area contributed by atoms with Crippen LogP contribution in [-0.4, -0.2) is 87.0 Å². The second-order valence-corrected chi connectivity index (χ2v) is 10.2. The first-order valence-corrected chi connectivity index (χ1v) is 12.2. The summed E-state index contributed by atoms with van der Waals surface area (Å²) in [5.41, 5.74) is 1.36. The fourth-order valence-corrected chi connectivity index (χ4v) is 5.47. The summed E-state index contributed by atoms with van der Waals surface area (Å²) in [5.74, 6) is 0.956. The molecule has 8 nitrogen and oxygen atoms in total. The van der Waals surface area contributed by atoms with E-state index in [9.17, 15) is 12.8 Å². The largest absolute Gasteiger partial charge is 0.354 e. The molecule has 4 rings (SSSR count). The predicted octanol–water partition coefficient (Wildman–Crippen LogP) is 1.33. The van der Waals surface area contributed by atoms with Crippen molar-refractivity contribution in [3.05, 3.63) is 47.4 Å². The number of hydrogen-bond acceptors (Lipinski definition) is 7. The van der Waals surface area contributed by atoms with Gasteiger partial charge in [-0.3, -0.25) is 0 Å². The first kappa shape index (κ1) is 21.9. The topological polar surface area (TPSA) is 72.9 Å². The normalized spacial score (nSPS) is 19.1. The molecule has 0 N–H and O–H groups in total. The van der Waals surface area contributed by atoms with Gasteiger partial charge in [0.25, 0.3) is 0 Å². The molecule has 1 aromatic carbocycles. The summed E-state index contributed by atoms with van der Waals surface area (Å²) in [7, 11) is -1.39. The summed E-state index contributed by atoms with van der Waals surface area (Å²) >= 11 is 0. The number of likely N-dealkylation sites (N-methyl/N-ethyl adjacent to an activating group) is 1. The lowest BCUT2D eigenvalue weighted by Crippen LogP contribution is -2.49. The van der Waals surface area contributed by atoms with Crippen molar-refractivity contribution in [3.8, 4) is 0 Å². The van der Waals surface area contributed by atoms with Crippen LogP contribution < -0.4 is 9.80 Å². The summed E-state index contributed by atoms with van der Waals surface area (Å²) in [5, 5.41) is 0. The highest BCUT2D eigenvalue weighted by atomic mass is 32.2. The second-order valence-electron chi connectivity index (χ2n) is 8.23. The van der Waals surface area contributed by atoms with Crippen LogP contribution in [0, 0.1) is 12.7 Å². The second kappa shape index (κ2) is 9.05. The third-order valence-electron chi connectivity index (χ3n) is 5.81. The molecule has 0 unspecified atom stereocenters. The molecule has 0 aliphatic carbocycles. The number of sulfonamides is 1. The number of aromatic nitrogens is 2. The Bertz CT molecular complexity index is 1020. The van der Waals surface area contributed by atoms with E-state index in [4.69, 9.17) is 4.98 Å². The summed E-state index contributed by atoms with van der Waals surface area (Å²) in [6.45, 7) is 7.58. The molecule has 0 radical (unpaired) electrons. The SMILES string of the molecule is Cc1cc(N2CCN(C)CC2)nc(N2CCN(S(=O)(=O)Cc3cccc(F)c3)CC2)n1. The lowest BCUT2D eigenvalue weighted by molar-refractivity contribution is 0.312. The maximum atomic E-state index is 13.4. The van der Waals surface area contributed by atoms with Gasteiger partial charge in [0.1, 0.15) is 11.6 Å². The zero-order chi connectivity index (χ0) is 22.0. The van der Waals surface area contributed by atoms with Gasteiger partial charge in [0.05, 0.1) is 5.75 Å². The summed E-state index contributed by atoms with van der Waals surface area (Å²) in [6.07, 6.45) is 0. The van der Waals surface area contributed by atoms with Gasteiger partial charge in [0.15, 0.2) is 0 Å². The molecule has 0 atom stereocenters. The van der Waals surface area contributed by atoms with E-state index in [1.807, 2.05) is 17.9 Å². The fraction of sp³-hybridized carbons (Fsp3) is 0.524. The maximum absolute atomic E-state index is 13.4. The molecule has 31 heavy (non-hydrogen) atoms. The van der Waals surface area contributed by atoms with Gasteiger partial charge in [-0.2, -0.15) is 9.29 Å². The Labute approximate surface area is 183 Å². The van der Waals surface area contributed by atoms with E-state index in [0.29, 0.717) is 37.7 Å². The van der Waals surface area contributed by atoms with Crippen molar-refractivity contribution in [3.63, 3.8) is 0 Å². The zero-order valence-electron chi connectivity index (χ0n) is 18.0. The lowest BCUT2D eigenvalue weighted by atomic mass is 10.2. The van der Waals surface area contributed by atoms with Crippen molar-refractivity contribution >= 4 is 21.8 Å². The number of rotatable bonds is 5. The first-order valence-electron chi connectivity index (χ1n) is 10.6. The number of halogens is 1. The fourth-order valence-electron chi connectivity index (χ4n) is 3.97. The van der Waals surface area contributed by atoms with Gasteiger partial charge < -0.3 is 14.7 Å². The molecular weight excluding hydrogens is 419 g/mol. The van der Waals surface area contributed by atoms with E-state index < -0.39 is 15.8 Å². The number of benzene rings is 1. The van der Waals surface area contributed by atoms with E-state index in [1.54, 1.807) is 6.07 Å². The molecular formula is C21H29FN6O2S. The van der Waals surface area contributed by atoms with Crippen molar-refractivity contribution in [2.75, 3.05) is 69.2 Å². The van der Waals surface area contributed by atoms with Crippen molar-refractivity contribution in [2.24, 2.45) is 0 Å². The Morgan fingerprint density at radius 2 is 1.61 bits per heavy atom. The minimum atomic E-state index is -3.51. The smallest absolute Gasteiger partial charge is 0.227 e. The summed E-state index contributed by atoms with van der Waals surface area (Å²) in [4.78, 5) is 16.0. The Kier molecular flexibility index (Phi) is 6.40. The van der Waals surface area contributed by atoms with Crippen LogP contribution in [0.4, 0.5) is 16.2 Å². The monoisotopic (exact) mass is 448 g/mol. The molecule has 168 valence electrons. The highest BCUT2D eigenvalue weighted by Gasteiger charge is 2.28. The Morgan fingerprint density at radius 3 is 2.29 bits per heavy atom. The number of aryl methyl sites for hydroxylation is 1. The Hall–Kier alpha value is -2.30. The van der Waals surface area contributed by atoms with E-state index in [2.05, 4.69) is 21.8 Å². The van der Waals surface area contributed by atoms with Crippen LogP contribution in [0.1, 0.15) is 11.3 Å². The molecule has 2 aromatic rings. The molecule has 3 heterocycles. The van der Waals surface area contributed by atoms with E-state index in [0.717, 1.165) is 37.7 Å². The van der Waals surface area contributed by atoms with Crippen LogP contribution in [0.5, 0.6) is 0 Å². The Morgan fingerprint density at radius 1 is 0.935 bits per heavy atom. The molecule has 2 aliphatic rings. The molecule has 1 aromatic heterocycles. The van der Waals surface area contributed by atoms with Crippen LogP contribution in [-0.2, 0) is 15.8 Å². The van der Waals surface area contributed by atoms with Crippen LogP contribution in [0.25, 0.3) is 0 Å². The molecule has 0 amide bonds. The first-order chi connectivity index (χ1) is 14.8. The Balaban J connectivity index is 1.41. The lowest BCUT2D eigenvalue weighted by Gasteiger charge is -2.36. The third-order valence-corrected chi connectivity index (χ3v) is 7.66. The van der Waals surface area contributed by atoms with Gasteiger partial charge in [-0.05, 0) is 31.7 Å². The van der Waals surface area contributed by atoms with Gasteiger partial charge in [-0.25, -0.2) is 17.8 Å². The summed E-state index contributed by atoms with van der Waals surface area (Å²) in [6, 6.07) is 7.76. The van der Waals surface area contributed by atoms with Crippen LogP contribution in [0.3, 0.4) is 0 Å². The number of hydrogen-bond donors (Lipinski definition) is 0. The number of nitrogens with zero attached hydrogens (tertiary/aromatic N) is 6. The average molecular weight is 449 g/mol. The number of anilines is 2. The van der Waals surface area contributed by atoms with Gasteiger partial charge in [0.2, 0.25) is 16.0 Å². The average Bonchev–Trinajstić information content (AvgIpc) is 2.73. The van der Waals surface area contributed by atoms with Gasteiger partial charge >= 0.3 is 0 Å². The molecule has 0 bridgehead atoms. The molecule has 0 saturated carbocycles. The van der Waals surface area contributed by atoms with Crippen molar-refractivity contribution in [1.29, 1.82) is 0 Å². The summed E-state index contributed by atoms with van der Waals surface area (Å²) < 4.78 is 40.5. The molecule has 10 heteroatoms. The zero-order valence-corrected chi connectivity index (χ0v) is 18.9. The van der Waals surface area contributed by atoms with Gasteiger partial charge in [0, 0.05) is 64.1 Å². The highest BCUT2D eigenvalue weighted by molar-refractivity contribution is 7.88. The quantitative estimate of drug-likeness (QED) is 0.683. The highest BCUT2D eigenvalue weighted by Crippen LogP contribution is 2.21. The third kappa shape index (κ3) is 5.31. The standard InChI is InChI=1S/C21H29FN6O2S/c1-17-14-20(26-8-6-25(2)7-9-26)24-21(23-17)27-10-12-28(13-11-27)31(29,30)16-18-4-3-5-19(22)15-18/h3-5,14-15H,6-13,16H2,1-2H3. The van der Waals surface area contributed by atoms with E-state index in [1.165, 1.54) is 22.5 Å². The minimum Gasteiger partial charge on any atom is -0.354 e. The minimum absolute atomic E-state index is 0.195. The van der Waals surface area contributed by atoms with Crippen molar-refractivity contribution in [2.45, 2.75) is 12.7 Å². The van der Waals surface area contributed by atoms with Crippen molar-refractivity contribution < 1.29 is 12.8 Å². The van der Waals surface area contributed by atoms with Gasteiger partial charge in [-0.1, -0.05) is 12.1 Å². The molecule has 2 aliphatic heterocycles. The molecule has 2 saturated heterocycles. The number of piperazine rings is 2. The maximum Gasteiger partial charge on any atom is 0.227 e. The van der Waals surface area contributed by atoms with Crippen molar-refractivity contribution in [1.82, 2.24) is 19.2 Å². The molecule has 2 fully saturated rings. The predicted molar refractivity (Wildman–Crippen MR) is 119 cm³/mol. The van der Waals surface area contributed by atoms with Gasteiger partial charge in [-0.15, -0.1) is 0 Å².